The van der Waals surface area contributed by atoms with Crippen molar-refractivity contribution in [3.8, 4) is 11.1 Å². The quantitative estimate of drug-likeness (QED) is 0.0652. The molecular formula is C40H40ClN5O5S2. The number of rotatable bonds is 14. The Labute approximate surface area is 319 Å². The Balaban J connectivity index is 1.04. The number of halogens is 1. The Morgan fingerprint density at radius 1 is 0.887 bits per heavy atom. The third-order valence-electron chi connectivity index (χ3n) is 9.18. The summed E-state index contributed by atoms with van der Waals surface area (Å²) < 4.78 is 28.5. The first-order valence-corrected chi connectivity index (χ1v) is 20.2. The largest absolute Gasteiger partial charge is 0.376 e. The molecule has 1 aliphatic rings. The maximum atomic E-state index is 13.2. The number of hydrogen-bond acceptors (Lipinski definition) is 9. The van der Waals surface area contributed by atoms with E-state index in [1.54, 1.807) is 36.0 Å². The molecule has 0 bridgehead atoms. The number of hydrogen-bond donors (Lipinski definition) is 2. The lowest BCUT2D eigenvalue weighted by atomic mass is 9.99. The highest BCUT2D eigenvalue weighted by Gasteiger charge is 2.25. The number of amides is 1. The van der Waals surface area contributed by atoms with Gasteiger partial charge >= 0.3 is 0 Å². The van der Waals surface area contributed by atoms with Crippen molar-refractivity contribution in [2.24, 2.45) is 0 Å². The van der Waals surface area contributed by atoms with Crippen molar-refractivity contribution < 1.29 is 18.1 Å². The van der Waals surface area contributed by atoms with Crippen molar-refractivity contribution in [3.05, 3.63) is 148 Å². The summed E-state index contributed by atoms with van der Waals surface area (Å²) >= 11 is 7.73. The second-order valence-corrected chi connectivity index (χ2v) is 15.9. The van der Waals surface area contributed by atoms with Gasteiger partial charge in [-0.05, 0) is 83.8 Å². The van der Waals surface area contributed by atoms with Gasteiger partial charge in [-0.2, -0.15) is 0 Å². The van der Waals surface area contributed by atoms with Gasteiger partial charge in [0.2, 0.25) is 0 Å². The van der Waals surface area contributed by atoms with E-state index in [-0.39, 0.29) is 22.2 Å². The molecular weight excluding hydrogens is 730 g/mol. The van der Waals surface area contributed by atoms with E-state index < -0.39 is 26.5 Å². The molecule has 13 heteroatoms. The minimum Gasteiger partial charge on any atom is -0.376 e. The van der Waals surface area contributed by atoms with Gasteiger partial charge < -0.3 is 10.2 Å². The number of nitrogens with one attached hydrogen (secondary N) is 2. The van der Waals surface area contributed by atoms with Crippen molar-refractivity contribution in [3.63, 3.8) is 0 Å². The molecule has 1 saturated heterocycles. The molecule has 1 atom stereocenters. The Hall–Kier alpha value is -4.88. The van der Waals surface area contributed by atoms with Gasteiger partial charge in [0.1, 0.15) is 5.69 Å². The highest BCUT2D eigenvalue weighted by molar-refractivity contribution is 7.99. The van der Waals surface area contributed by atoms with Crippen LogP contribution in [0.3, 0.4) is 0 Å². The molecule has 10 nitrogen and oxygen atoms in total. The van der Waals surface area contributed by atoms with Crippen LogP contribution in [0.15, 0.2) is 131 Å². The smallest absolute Gasteiger partial charge is 0.293 e. The average Bonchev–Trinajstić information content (AvgIpc) is 3.17. The van der Waals surface area contributed by atoms with E-state index in [1.807, 2.05) is 67.6 Å². The van der Waals surface area contributed by atoms with E-state index >= 15 is 0 Å². The molecule has 1 unspecified atom stereocenters. The molecule has 0 radical (unpaired) electrons. The summed E-state index contributed by atoms with van der Waals surface area (Å²) in [5.41, 5.74) is 4.46. The molecule has 1 fully saturated rings. The van der Waals surface area contributed by atoms with E-state index in [0.717, 1.165) is 54.9 Å². The van der Waals surface area contributed by atoms with E-state index in [4.69, 9.17) is 11.6 Å². The van der Waals surface area contributed by atoms with Crippen LogP contribution in [0.1, 0.15) is 29.3 Å². The number of nitro groups is 1. The number of nitrogens with zero attached hydrogens (tertiary/aromatic N) is 3. The molecule has 0 spiro atoms. The Kier molecular flexibility index (Phi) is 12.4. The van der Waals surface area contributed by atoms with Gasteiger partial charge in [0.05, 0.1) is 9.82 Å². The molecule has 53 heavy (non-hydrogen) atoms. The summed E-state index contributed by atoms with van der Waals surface area (Å²) in [6, 6.07) is 36.4. The monoisotopic (exact) mass is 769 g/mol. The van der Waals surface area contributed by atoms with Crippen LogP contribution in [0.25, 0.3) is 11.1 Å². The Bertz CT molecular complexity index is 2150. The molecule has 1 aliphatic heterocycles. The minimum atomic E-state index is -4.40. The van der Waals surface area contributed by atoms with Crippen molar-refractivity contribution in [1.82, 2.24) is 9.62 Å². The highest BCUT2D eigenvalue weighted by Crippen LogP contribution is 2.31. The summed E-state index contributed by atoms with van der Waals surface area (Å²) in [6.07, 6.45) is 0.697. The van der Waals surface area contributed by atoms with Crippen molar-refractivity contribution in [2.75, 3.05) is 42.1 Å². The van der Waals surface area contributed by atoms with Gasteiger partial charge in [0, 0.05) is 71.8 Å². The van der Waals surface area contributed by atoms with Crippen LogP contribution < -0.4 is 14.9 Å². The predicted octanol–water partition coefficient (Wildman–Crippen LogP) is 8.34. The Morgan fingerprint density at radius 2 is 1.57 bits per heavy atom. The fourth-order valence-electron chi connectivity index (χ4n) is 6.18. The normalized spacial score (nSPS) is 14.0. The molecule has 1 amide bonds. The summed E-state index contributed by atoms with van der Waals surface area (Å²) in [5, 5.41) is 15.9. The second kappa shape index (κ2) is 17.3. The molecule has 0 saturated carbocycles. The number of carbonyl (C=O) groups excluding carboxylic acids is 1. The van der Waals surface area contributed by atoms with Crippen LogP contribution in [-0.4, -0.2) is 62.1 Å². The maximum Gasteiger partial charge on any atom is 0.293 e. The first-order valence-electron chi connectivity index (χ1n) is 17.3. The van der Waals surface area contributed by atoms with Gasteiger partial charge in [0.15, 0.2) is 0 Å². The number of piperazine rings is 1. The summed E-state index contributed by atoms with van der Waals surface area (Å²) in [5.74, 6) is -0.168. The SMILES string of the molecule is CCC(CSc1ccccc1)Nc1ccc(S(=O)(=O)NC(=O)c2ccc(N3CCN(Cc4ccccc4-c4ccc(Cl)cc4)CC3)cc2)cc1[N+](=O)[O-]. The molecule has 6 rings (SSSR count). The maximum absolute atomic E-state index is 13.2. The number of sulfonamides is 1. The van der Waals surface area contributed by atoms with Gasteiger partial charge in [-0.1, -0.05) is 73.1 Å². The predicted molar refractivity (Wildman–Crippen MR) is 213 cm³/mol. The fraction of sp³-hybridized carbons (Fsp3) is 0.225. The van der Waals surface area contributed by atoms with E-state index in [0.29, 0.717) is 17.2 Å². The van der Waals surface area contributed by atoms with Crippen LogP contribution in [0.2, 0.25) is 5.02 Å². The van der Waals surface area contributed by atoms with Crippen LogP contribution in [0, 0.1) is 10.1 Å². The van der Waals surface area contributed by atoms with Crippen LogP contribution in [0.5, 0.6) is 0 Å². The topological polar surface area (TPSA) is 125 Å². The lowest BCUT2D eigenvalue weighted by Crippen LogP contribution is -2.46. The summed E-state index contributed by atoms with van der Waals surface area (Å²) in [4.78, 5) is 29.8. The first-order chi connectivity index (χ1) is 25.6. The van der Waals surface area contributed by atoms with Gasteiger partial charge in [-0.3, -0.25) is 19.8 Å². The number of anilines is 2. The molecule has 274 valence electrons. The first kappa shape index (κ1) is 37.9. The fourth-order valence-corrected chi connectivity index (χ4v) is 8.37. The zero-order chi connectivity index (χ0) is 37.4. The van der Waals surface area contributed by atoms with Crippen LogP contribution >= 0.6 is 23.4 Å². The molecule has 5 aromatic rings. The standard InChI is InChI=1S/C40H40ClN5O5S2/c1-2-33(28-52-35-9-4-3-5-10-35)42-38-21-20-36(26-39(38)46(48)49)53(50,51)43-40(47)30-14-18-34(19-15-30)45-24-22-44(23-25-45)27-31-8-6-7-11-37(31)29-12-16-32(41)17-13-29/h3-21,26,33,42H,2,22-25,27-28H2,1H3,(H,43,47). The molecule has 1 heterocycles. The number of benzene rings is 5. The van der Waals surface area contributed by atoms with Crippen LogP contribution in [0.4, 0.5) is 17.1 Å². The van der Waals surface area contributed by atoms with Crippen molar-refractivity contribution in [1.29, 1.82) is 0 Å². The van der Waals surface area contributed by atoms with Crippen molar-refractivity contribution >= 4 is 56.4 Å². The minimum absolute atomic E-state index is 0.101. The molecule has 5 aromatic carbocycles. The van der Waals surface area contributed by atoms with Gasteiger partial charge in [-0.15, -0.1) is 11.8 Å². The highest BCUT2D eigenvalue weighted by atomic mass is 35.5. The zero-order valence-electron chi connectivity index (χ0n) is 29.2. The summed E-state index contributed by atoms with van der Waals surface area (Å²) in [6.45, 7) is 6.07. The lowest BCUT2D eigenvalue weighted by Gasteiger charge is -2.36. The number of carbonyl (C=O) groups is 1. The van der Waals surface area contributed by atoms with E-state index in [9.17, 15) is 23.3 Å². The summed E-state index contributed by atoms with van der Waals surface area (Å²) in [7, 11) is -4.40. The van der Waals surface area contributed by atoms with Gasteiger partial charge in [-0.25, -0.2) is 13.1 Å². The molecule has 2 N–H and O–H groups in total. The lowest BCUT2D eigenvalue weighted by molar-refractivity contribution is -0.384. The van der Waals surface area contributed by atoms with E-state index in [1.165, 1.54) is 23.3 Å². The second-order valence-electron chi connectivity index (χ2n) is 12.7. The molecule has 0 aromatic heterocycles. The van der Waals surface area contributed by atoms with E-state index in [2.05, 4.69) is 38.0 Å². The van der Waals surface area contributed by atoms with Crippen LogP contribution in [-0.2, 0) is 16.6 Å². The van der Waals surface area contributed by atoms with Gasteiger partial charge in [0.25, 0.3) is 21.6 Å². The average molecular weight is 770 g/mol. The zero-order valence-corrected chi connectivity index (χ0v) is 31.5. The number of nitro benzene ring substituents is 1. The van der Waals surface area contributed by atoms with Crippen molar-refractivity contribution in [2.45, 2.75) is 35.7 Å². The third kappa shape index (κ3) is 9.76. The number of thioether (sulfide) groups is 1. The molecule has 0 aliphatic carbocycles. The Morgan fingerprint density at radius 3 is 2.25 bits per heavy atom. The third-order valence-corrected chi connectivity index (χ3v) is 11.9.